The Labute approximate surface area is 184 Å². The van der Waals surface area contributed by atoms with E-state index in [4.69, 9.17) is 9.47 Å². The molecule has 0 spiro atoms. The van der Waals surface area contributed by atoms with Crippen molar-refractivity contribution < 1.29 is 19.1 Å². The van der Waals surface area contributed by atoms with Crippen LogP contribution in [0.5, 0.6) is 11.5 Å². The molecule has 1 heterocycles. The Kier molecular flexibility index (Phi) is 7.93. The maximum atomic E-state index is 13.1. The van der Waals surface area contributed by atoms with Crippen molar-refractivity contribution in [3.63, 3.8) is 0 Å². The van der Waals surface area contributed by atoms with Crippen LogP contribution in [0.3, 0.4) is 0 Å². The van der Waals surface area contributed by atoms with E-state index < -0.39 is 0 Å². The Morgan fingerprint density at radius 3 is 2.35 bits per heavy atom. The zero-order valence-corrected chi connectivity index (χ0v) is 18.7. The first-order valence-electron chi connectivity index (χ1n) is 10.8. The van der Waals surface area contributed by atoms with Gasteiger partial charge in [0.15, 0.2) is 6.61 Å². The number of carbonyl (C=O) groups is 2. The molecule has 1 fully saturated rings. The molecule has 1 aliphatic heterocycles. The summed E-state index contributed by atoms with van der Waals surface area (Å²) in [6.07, 6.45) is 4.17. The minimum atomic E-state index is -0.139. The normalized spacial score (nSPS) is 14.2. The minimum absolute atomic E-state index is 0.0264. The molecule has 0 saturated carbocycles. The fourth-order valence-electron chi connectivity index (χ4n) is 3.80. The van der Waals surface area contributed by atoms with Gasteiger partial charge >= 0.3 is 0 Å². The van der Waals surface area contributed by atoms with Gasteiger partial charge in [-0.15, -0.1) is 0 Å². The van der Waals surface area contributed by atoms with Crippen LogP contribution in [-0.2, 0) is 11.2 Å². The predicted molar refractivity (Wildman–Crippen MR) is 121 cm³/mol. The summed E-state index contributed by atoms with van der Waals surface area (Å²) >= 11 is 0. The lowest BCUT2D eigenvalue weighted by Crippen LogP contribution is -2.38. The Morgan fingerprint density at radius 1 is 1.03 bits per heavy atom. The average Bonchev–Trinajstić information content (AvgIpc) is 2.81. The van der Waals surface area contributed by atoms with Crippen LogP contribution < -0.4 is 9.47 Å². The molecule has 31 heavy (non-hydrogen) atoms. The molecule has 0 atom stereocenters. The van der Waals surface area contributed by atoms with Crippen molar-refractivity contribution >= 4 is 11.8 Å². The molecule has 0 N–H and O–H groups in total. The molecule has 2 aromatic carbocycles. The molecule has 6 heteroatoms. The molecule has 3 rings (SSSR count). The molecule has 0 aliphatic carbocycles. The van der Waals surface area contributed by atoms with Crippen LogP contribution in [-0.4, -0.2) is 62.5 Å². The molecule has 0 radical (unpaired) electrons. The van der Waals surface area contributed by atoms with Crippen molar-refractivity contribution in [3.05, 3.63) is 59.7 Å². The van der Waals surface area contributed by atoms with E-state index in [0.717, 1.165) is 44.5 Å². The van der Waals surface area contributed by atoms with E-state index in [2.05, 4.69) is 12.1 Å². The number of hydrogen-bond acceptors (Lipinski definition) is 4. The van der Waals surface area contributed by atoms with Crippen LogP contribution in [0.2, 0.25) is 0 Å². The third kappa shape index (κ3) is 6.23. The quantitative estimate of drug-likeness (QED) is 0.649. The monoisotopic (exact) mass is 424 g/mol. The van der Waals surface area contributed by atoms with E-state index >= 15 is 0 Å². The average molecular weight is 425 g/mol. The molecule has 0 aromatic heterocycles. The number of likely N-dealkylation sites (tertiary alicyclic amines) is 1. The Bertz CT molecular complexity index is 871. The summed E-state index contributed by atoms with van der Waals surface area (Å²) in [7, 11) is 5.04. The van der Waals surface area contributed by atoms with Crippen molar-refractivity contribution in [1.29, 1.82) is 0 Å². The first kappa shape index (κ1) is 22.7. The summed E-state index contributed by atoms with van der Waals surface area (Å²) in [5.41, 5.74) is 1.84. The zero-order chi connectivity index (χ0) is 22.2. The maximum Gasteiger partial charge on any atom is 0.259 e. The third-order valence-corrected chi connectivity index (χ3v) is 5.87. The number of nitrogens with zero attached hydrogens (tertiary/aromatic N) is 2. The van der Waals surface area contributed by atoms with Crippen molar-refractivity contribution in [2.45, 2.75) is 25.7 Å². The van der Waals surface area contributed by atoms with E-state index in [0.29, 0.717) is 17.2 Å². The highest BCUT2D eigenvalue weighted by molar-refractivity contribution is 5.97. The van der Waals surface area contributed by atoms with Crippen LogP contribution in [0.4, 0.5) is 0 Å². The lowest BCUT2D eigenvalue weighted by atomic mass is 9.90. The second-order valence-corrected chi connectivity index (χ2v) is 8.20. The number of hydrogen-bond donors (Lipinski definition) is 0. The summed E-state index contributed by atoms with van der Waals surface area (Å²) < 4.78 is 10.9. The molecule has 0 unspecified atom stereocenters. The highest BCUT2D eigenvalue weighted by Crippen LogP contribution is 2.26. The number of likely N-dealkylation sites (N-methyl/N-ethyl adjacent to an activating group) is 1. The number of para-hydroxylation sites is 1. The Morgan fingerprint density at radius 2 is 1.71 bits per heavy atom. The van der Waals surface area contributed by atoms with Crippen LogP contribution in [0, 0.1) is 5.92 Å². The molecule has 1 aliphatic rings. The van der Waals surface area contributed by atoms with E-state index in [9.17, 15) is 9.59 Å². The second-order valence-electron chi connectivity index (χ2n) is 8.20. The van der Waals surface area contributed by atoms with E-state index in [1.807, 2.05) is 29.2 Å². The van der Waals surface area contributed by atoms with Gasteiger partial charge in [0.2, 0.25) is 0 Å². The number of piperidine rings is 1. The number of benzene rings is 2. The number of rotatable bonds is 8. The highest BCUT2D eigenvalue weighted by Gasteiger charge is 2.25. The molecular formula is C25H32N2O4. The molecule has 1 saturated heterocycles. The van der Waals surface area contributed by atoms with Crippen molar-refractivity contribution in [2.24, 2.45) is 5.92 Å². The standard InChI is InChI=1S/C25H32N2O4/c1-26(2)24(28)18-31-23-7-5-4-6-22(23)25(29)27-16-14-20(15-17-27)9-8-19-10-12-21(30-3)13-11-19/h4-7,10-13,20H,8-9,14-18H2,1-3H3. The van der Waals surface area contributed by atoms with Gasteiger partial charge < -0.3 is 19.3 Å². The van der Waals surface area contributed by atoms with E-state index in [1.165, 1.54) is 10.5 Å². The van der Waals surface area contributed by atoms with Gasteiger partial charge in [-0.05, 0) is 61.4 Å². The third-order valence-electron chi connectivity index (χ3n) is 5.87. The molecule has 6 nitrogen and oxygen atoms in total. The summed E-state index contributed by atoms with van der Waals surface area (Å²) in [4.78, 5) is 28.3. The van der Waals surface area contributed by atoms with E-state index in [1.54, 1.807) is 33.3 Å². The fraction of sp³-hybridized carbons (Fsp3) is 0.440. The number of methoxy groups -OCH3 is 1. The SMILES string of the molecule is COc1ccc(CCC2CCN(C(=O)c3ccccc3OCC(=O)N(C)C)CC2)cc1. The Balaban J connectivity index is 1.51. The second kappa shape index (κ2) is 10.8. The first-order chi connectivity index (χ1) is 15.0. The van der Waals surface area contributed by atoms with Gasteiger partial charge in [0.05, 0.1) is 12.7 Å². The Hall–Kier alpha value is -3.02. The van der Waals surface area contributed by atoms with Crippen LogP contribution in [0.1, 0.15) is 35.2 Å². The van der Waals surface area contributed by atoms with Gasteiger partial charge in [-0.25, -0.2) is 0 Å². The fourth-order valence-corrected chi connectivity index (χ4v) is 3.80. The summed E-state index contributed by atoms with van der Waals surface area (Å²) in [6.45, 7) is 1.42. The van der Waals surface area contributed by atoms with Gasteiger partial charge in [0.25, 0.3) is 11.8 Å². The highest BCUT2D eigenvalue weighted by atomic mass is 16.5. The van der Waals surface area contributed by atoms with Crippen LogP contribution in [0.15, 0.2) is 48.5 Å². The van der Waals surface area contributed by atoms with E-state index in [-0.39, 0.29) is 18.4 Å². The van der Waals surface area contributed by atoms with Crippen LogP contribution in [0.25, 0.3) is 0 Å². The minimum Gasteiger partial charge on any atom is -0.497 e. The number of carbonyl (C=O) groups excluding carboxylic acids is 2. The summed E-state index contributed by atoms with van der Waals surface area (Å²) in [6, 6.07) is 15.4. The van der Waals surface area contributed by atoms with Gasteiger partial charge in [-0.1, -0.05) is 24.3 Å². The molecule has 0 bridgehead atoms. The zero-order valence-electron chi connectivity index (χ0n) is 18.7. The maximum absolute atomic E-state index is 13.1. The number of aryl methyl sites for hydroxylation is 1. The molecule has 2 amide bonds. The van der Waals surface area contributed by atoms with Gasteiger partial charge in [0, 0.05) is 27.2 Å². The van der Waals surface area contributed by atoms with Gasteiger partial charge in [0.1, 0.15) is 11.5 Å². The van der Waals surface area contributed by atoms with Crippen molar-refractivity contribution in [3.8, 4) is 11.5 Å². The summed E-state index contributed by atoms with van der Waals surface area (Å²) in [5, 5.41) is 0. The lowest BCUT2D eigenvalue weighted by molar-refractivity contribution is -0.130. The van der Waals surface area contributed by atoms with Crippen LogP contribution >= 0.6 is 0 Å². The lowest BCUT2D eigenvalue weighted by Gasteiger charge is -2.32. The number of amides is 2. The van der Waals surface area contributed by atoms with Crippen molar-refractivity contribution in [2.75, 3.05) is 40.9 Å². The topological polar surface area (TPSA) is 59.1 Å². The van der Waals surface area contributed by atoms with Gasteiger partial charge in [-0.3, -0.25) is 9.59 Å². The van der Waals surface area contributed by atoms with Crippen molar-refractivity contribution in [1.82, 2.24) is 9.80 Å². The molecular weight excluding hydrogens is 392 g/mol. The summed E-state index contributed by atoms with van der Waals surface area (Å²) in [5.74, 6) is 1.80. The molecule has 166 valence electrons. The molecule has 2 aromatic rings. The largest absolute Gasteiger partial charge is 0.497 e. The van der Waals surface area contributed by atoms with Gasteiger partial charge in [-0.2, -0.15) is 0 Å². The predicted octanol–water partition coefficient (Wildman–Crippen LogP) is 3.65. The smallest absolute Gasteiger partial charge is 0.259 e. The number of ether oxygens (including phenoxy) is 2. The first-order valence-corrected chi connectivity index (χ1v) is 10.8.